The fourth-order valence-electron chi connectivity index (χ4n) is 4.16. The highest BCUT2D eigenvalue weighted by atomic mass is 35.5. The molecule has 194 valence electrons. The average Bonchev–Trinajstić information content (AvgIpc) is 2.78. The largest absolute Gasteiger partial charge is 0.744 e. The Morgan fingerprint density at radius 3 is 1.52 bits per heavy atom. The molecule has 0 N–H and O–H groups in total. The average molecular weight is 504 g/mol. The van der Waals surface area contributed by atoms with E-state index in [0.717, 1.165) is 11.4 Å². The maximum absolute atomic E-state index is 10.4. The predicted molar refractivity (Wildman–Crippen MR) is 142 cm³/mol. The number of unbranched alkanes of at least 4 members (excludes halogenated alkanes) is 8. The van der Waals surface area contributed by atoms with E-state index in [1.807, 2.05) is 6.92 Å². The Kier molecular flexibility index (Phi) is 19.3. The molecule has 1 rings (SSSR count). The molecule has 0 aliphatic heterocycles. The van der Waals surface area contributed by atoms with Gasteiger partial charge in [-0.2, -0.15) is 0 Å². The topological polar surface area (TPSA) is 57.2 Å². The summed E-state index contributed by atoms with van der Waals surface area (Å²) in [5, 5.41) is 0. The summed E-state index contributed by atoms with van der Waals surface area (Å²) in [6.45, 7) is 14.4. The quantitative estimate of drug-likeness (QED) is 0.0892. The highest BCUT2D eigenvalue weighted by molar-refractivity contribution is 7.85. The molecule has 0 fully saturated rings. The van der Waals surface area contributed by atoms with E-state index in [0.29, 0.717) is 0 Å². The van der Waals surface area contributed by atoms with E-state index < -0.39 is 10.1 Å². The number of rotatable bonds is 18. The molecule has 0 saturated heterocycles. The summed E-state index contributed by atoms with van der Waals surface area (Å²) in [5.74, 6) is 0.833. The van der Waals surface area contributed by atoms with Crippen molar-refractivity contribution in [1.82, 2.24) is 0 Å². The number of hydrogen-bond donors (Lipinski definition) is 0. The Hall–Kier alpha value is -0.620. The molecule has 0 saturated carbocycles. The number of hydrogen-bond acceptors (Lipinski definition) is 3. The predicted octanol–water partition coefficient (Wildman–Crippen LogP) is 7.68. The summed E-state index contributed by atoms with van der Waals surface area (Å²) in [5.41, 5.74) is 0.928. The van der Waals surface area contributed by atoms with Crippen LogP contribution in [0.5, 0.6) is 0 Å². The van der Waals surface area contributed by atoms with Crippen LogP contribution in [-0.2, 0) is 10.1 Å². The van der Waals surface area contributed by atoms with Crippen LogP contribution in [-0.4, -0.2) is 49.5 Å². The summed E-state index contributed by atoms with van der Waals surface area (Å²) < 4.78 is 32.6. The van der Waals surface area contributed by atoms with Gasteiger partial charge in [0.05, 0.1) is 31.1 Å². The minimum Gasteiger partial charge on any atom is -0.744 e. The second-order valence-electron chi connectivity index (χ2n) is 9.37. The van der Waals surface area contributed by atoms with Crippen LogP contribution in [0.3, 0.4) is 0 Å². The van der Waals surface area contributed by atoms with Crippen LogP contribution >= 0.6 is 11.6 Å². The van der Waals surface area contributed by atoms with Gasteiger partial charge in [0.25, 0.3) is 0 Å². The second-order valence-corrected chi connectivity index (χ2v) is 11.1. The molecule has 0 atom stereocenters. The van der Waals surface area contributed by atoms with E-state index in [4.69, 9.17) is 11.6 Å². The molecule has 0 amide bonds. The standard InChI is InChI=1S/C20H43ClN.C7H8O3S/c1-4-7-10-13-18-22(17-9-6-3,20-15-12-16-21)19-14-11-8-5-2;1-6-2-4-7(5-3-6)11(8,9)10/h4-20H2,1-3H3;2-5H,1H3,(H,8,9,10)/q+1;/p-1. The Bertz CT molecular complexity index is 665. The van der Waals surface area contributed by atoms with Crippen molar-refractivity contribution in [2.75, 3.05) is 32.1 Å². The van der Waals surface area contributed by atoms with Crippen LogP contribution in [0.4, 0.5) is 0 Å². The van der Waals surface area contributed by atoms with E-state index >= 15 is 0 Å². The van der Waals surface area contributed by atoms with Gasteiger partial charge < -0.3 is 9.04 Å². The van der Waals surface area contributed by atoms with Crippen molar-refractivity contribution in [2.45, 2.75) is 110 Å². The molecule has 0 radical (unpaired) electrons. The van der Waals surface area contributed by atoms with Gasteiger partial charge in [-0.3, -0.25) is 0 Å². The monoisotopic (exact) mass is 503 g/mol. The SMILES string of the molecule is CCCCCC[N+](CCCC)(CCCCCl)CCCCCC.Cc1ccc(S(=O)(=O)[O-])cc1. The minimum absolute atomic E-state index is 0.178. The van der Waals surface area contributed by atoms with Crippen LogP contribution in [0.1, 0.15) is 103 Å². The lowest BCUT2D eigenvalue weighted by Gasteiger charge is -2.39. The molecule has 33 heavy (non-hydrogen) atoms. The van der Waals surface area contributed by atoms with E-state index in [-0.39, 0.29) is 4.90 Å². The first-order valence-electron chi connectivity index (χ1n) is 13.2. The maximum atomic E-state index is 10.4. The Morgan fingerprint density at radius 2 is 1.12 bits per heavy atom. The summed E-state index contributed by atoms with van der Waals surface area (Å²) in [6.07, 6.45) is 16.4. The molecule has 0 unspecified atom stereocenters. The summed E-state index contributed by atoms with van der Waals surface area (Å²) in [6, 6.07) is 5.78. The van der Waals surface area contributed by atoms with Gasteiger partial charge in [-0.1, -0.05) is 70.6 Å². The second kappa shape index (κ2) is 19.7. The third kappa shape index (κ3) is 16.6. The van der Waals surface area contributed by atoms with Gasteiger partial charge in [0, 0.05) is 5.88 Å². The van der Waals surface area contributed by atoms with Gasteiger partial charge in [-0.15, -0.1) is 11.6 Å². The van der Waals surface area contributed by atoms with Crippen molar-refractivity contribution < 1.29 is 17.5 Å². The highest BCUT2D eigenvalue weighted by Crippen LogP contribution is 2.18. The van der Waals surface area contributed by atoms with E-state index in [9.17, 15) is 13.0 Å². The molecule has 0 spiro atoms. The lowest BCUT2D eigenvalue weighted by Crippen LogP contribution is -2.50. The number of alkyl halides is 1. The Morgan fingerprint density at radius 1 is 0.697 bits per heavy atom. The molecule has 6 heteroatoms. The fourth-order valence-corrected chi connectivity index (χ4v) is 4.82. The van der Waals surface area contributed by atoms with Crippen LogP contribution in [0, 0.1) is 6.92 Å². The first-order valence-corrected chi connectivity index (χ1v) is 15.1. The highest BCUT2D eigenvalue weighted by Gasteiger charge is 2.25. The van der Waals surface area contributed by atoms with Crippen LogP contribution in [0.2, 0.25) is 0 Å². The van der Waals surface area contributed by atoms with E-state index in [2.05, 4.69) is 20.8 Å². The smallest absolute Gasteiger partial charge is 0.124 e. The zero-order valence-corrected chi connectivity index (χ0v) is 23.4. The van der Waals surface area contributed by atoms with Crippen molar-refractivity contribution >= 4 is 21.7 Å². The number of nitrogens with zero attached hydrogens (tertiary/aromatic N) is 1. The van der Waals surface area contributed by atoms with Crippen molar-refractivity contribution in [3.8, 4) is 0 Å². The van der Waals surface area contributed by atoms with Gasteiger partial charge in [0.2, 0.25) is 0 Å². The van der Waals surface area contributed by atoms with Crippen LogP contribution < -0.4 is 0 Å². The molecule has 1 aromatic rings. The van der Waals surface area contributed by atoms with Crippen LogP contribution in [0.25, 0.3) is 0 Å². The lowest BCUT2D eigenvalue weighted by atomic mass is 10.1. The maximum Gasteiger partial charge on any atom is 0.124 e. The van der Waals surface area contributed by atoms with Gasteiger partial charge in [0.1, 0.15) is 10.1 Å². The minimum atomic E-state index is -4.27. The molecular formula is C27H50ClNO3S. The summed E-state index contributed by atoms with van der Waals surface area (Å²) in [4.78, 5) is -0.178. The lowest BCUT2D eigenvalue weighted by molar-refractivity contribution is -0.929. The molecule has 1 aromatic carbocycles. The molecule has 4 nitrogen and oxygen atoms in total. The summed E-state index contributed by atoms with van der Waals surface area (Å²) >= 11 is 5.92. The number of benzene rings is 1. The molecular weight excluding hydrogens is 454 g/mol. The molecule has 0 aliphatic rings. The molecule has 0 bridgehead atoms. The number of quaternary nitrogens is 1. The number of aryl methyl sites for hydroxylation is 1. The Labute approximate surface area is 210 Å². The molecule has 0 heterocycles. The third-order valence-corrected chi connectivity index (χ3v) is 7.40. The normalized spacial score (nSPS) is 11.8. The van der Waals surface area contributed by atoms with Crippen molar-refractivity contribution in [3.63, 3.8) is 0 Å². The third-order valence-electron chi connectivity index (χ3n) is 6.28. The van der Waals surface area contributed by atoms with Gasteiger partial charge in [-0.05, 0) is 64.0 Å². The summed E-state index contributed by atoms with van der Waals surface area (Å²) in [7, 11) is -4.27. The van der Waals surface area contributed by atoms with Crippen molar-refractivity contribution in [2.24, 2.45) is 0 Å². The Balaban J connectivity index is 0.000000771. The van der Waals surface area contributed by atoms with Gasteiger partial charge in [0.15, 0.2) is 0 Å². The molecule has 0 aliphatic carbocycles. The van der Waals surface area contributed by atoms with Crippen LogP contribution in [0.15, 0.2) is 29.2 Å². The number of halogens is 1. The zero-order chi connectivity index (χ0) is 25.0. The van der Waals surface area contributed by atoms with Crippen molar-refractivity contribution in [3.05, 3.63) is 29.8 Å². The first-order chi connectivity index (χ1) is 15.7. The van der Waals surface area contributed by atoms with Gasteiger partial charge in [-0.25, -0.2) is 8.42 Å². The van der Waals surface area contributed by atoms with Gasteiger partial charge >= 0.3 is 0 Å². The van der Waals surface area contributed by atoms with E-state index in [1.165, 1.54) is 120 Å². The first kappa shape index (κ1) is 32.4. The zero-order valence-electron chi connectivity index (χ0n) is 21.8. The fraction of sp³-hybridized carbons (Fsp3) is 0.778. The van der Waals surface area contributed by atoms with Crippen molar-refractivity contribution in [1.29, 1.82) is 0 Å². The van der Waals surface area contributed by atoms with E-state index in [1.54, 1.807) is 12.1 Å². The molecule has 0 aromatic heterocycles.